The van der Waals surface area contributed by atoms with Crippen molar-refractivity contribution in [3.05, 3.63) is 29.3 Å². The van der Waals surface area contributed by atoms with Crippen LogP contribution in [0.15, 0.2) is 18.2 Å². The van der Waals surface area contributed by atoms with E-state index in [-0.39, 0.29) is 12.0 Å². The molecule has 1 aromatic carbocycles. The van der Waals surface area contributed by atoms with E-state index in [0.717, 1.165) is 0 Å². The van der Waals surface area contributed by atoms with Gasteiger partial charge in [-0.05, 0) is 17.7 Å². The van der Waals surface area contributed by atoms with Crippen molar-refractivity contribution in [2.75, 3.05) is 5.32 Å². The third-order valence-corrected chi connectivity index (χ3v) is 2.14. The maximum Gasteiger partial charge on any atom is 0.307 e. The normalized spacial score (nSPS) is 13.6. The summed E-state index contributed by atoms with van der Waals surface area (Å²) in [7, 11) is 0. The number of anilines is 1. The number of fused-ring (bicyclic) bond motifs is 1. The fraction of sp³-hybridized carbons (Fsp3) is 0.100. The molecule has 0 spiro atoms. The van der Waals surface area contributed by atoms with Crippen LogP contribution < -0.4 is 5.32 Å². The van der Waals surface area contributed by atoms with Crippen molar-refractivity contribution >= 4 is 23.3 Å². The Bertz CT molecular complexity index is 478. The molecule has 1 heterocycles. The molecule has 1 aliphatic heterocycles. The van der Waals surface area contributed by atoms with Gasteiger partial charge in [0.15, 0.2) is 0 Å². The molecule has 1 aliphatic rings. The Morgan fingerprint density at radius 1 is 1.33 bits per heavy atom. The van der Waals surface area contributed by atoms with Crippen LogP contribution >= 0.6 is 0 Å². The van der Waals surface area contributed by atoms with Crippen molar-refractivity contribution < 1.29 is 19.5 Å². The number of hydrogen-bond donors (Lipinski definition) is 2. The molecule has 0 fully saturated rings. The minimum Gasteiger partial charge on any atom is -0.481 e. The summed E-state index contributed by atoms with van der Waals surface area (Å²) in [6.45, 7) is 0. The number of Topliss-reactive ketones (excluding diaryl/α,β-unsaturated/α-hetero) is 1. The molecule has 0 radical (unpaired) electrons. The number of ketones is 1. The first-order valence-corrected chi connectivity index (χ1v) is 4.28. The first-order chi connectivity index (χ1) is 7.08. The Morgan fingerprint density at radius 3 is 2.73 bits per heavy atom. The molecule has 2 N–H and O–H groups in total. The summed E-state index contributed by atoms with van der Waals surface area (Å²) in [6.07, 6.45) is -0.158. The van der Waals surface area contributed by atoms with Gasteiger partial charge < -0.3 is 10.4 Å². The van der Waals surface area contributed by atoms with Gasteiger partial charge in [-0.2, -0.15) is 0 Å². The summed E-state index contributed by atoms with van der Waals surface area (Å²) in [6, 6.07) is 4.55. The Balaban J connectivity index is 2.39. The van der Waals surface area contributed by atoms with E-state index < -0.39 is 17.7 Å². The highest BCUT2D eigenvalue weighted by molar-refractivity contribution is 6.51. The number of rotatable bonds is 2. The van der Waals surface area contributed by atoms with Crippen molar-refractivity contribution in [2.24, 2.45) is 0 Å². The van der Waals surface area contributed by atoms with Gasteiger partial charge >= 0.3 is 5.97 Å². The quantitative estimate of drug-likeness (QED) is 0.686. The third kappa shape index (κ3) is 1.59. The van der Waals surface area contributed by atoms with Gasteiger partial charge in [-0.1, -0.05) is 6.07 Å². The van der Waals surface area contributed by atoms with E-state index in [0.29, 0.717) is 11.3 Å². The topological polar surface area (TPSA) is 83.5 Å². The standard InChI is InChI=1S/C10H7NO4/c12-8(13)4-5-1-2-7-6(3-5)9(14)10(15)11-7/h1-3H,4H2,(H,12,13)(H,11,14,15). The number of carboxylic acids is 1. The van der Waals surface area contributed by atoms with E-state index in [9.17, 15) is 14.4 Å². The van der Waals surface area contributed by atoms with Crippen LogP contribution in [0.5, 0.6) is 0 Å². The molecular formula is C10H7NO4. The fourth-order valence-electron chi connectivity index (χ4n) is 1.47. The number of nitrogens with one attached hydrogen (secondary N) is 1. The molecule has 5 nitrogen and oxygen atoms in total. The molecule has 0 saturated carbocycles. The maximum atomic E-state index is 11.3. The highest BCUT2D eigenvalue weighted by Gasteiger charge is 2.27. The molecule has 0 saturated heterocycles. The van der Waals surface area contributed by atoms with Crippen LogP contribution in [0.4, 0.5) is 5.69 Å². The molecular weight excluding hydrogens is 198 g/mol. The minimum atomic E-state index is -0.973. The molecule has 0 bridgehead atoms. The van der Waals surface area contributed by atoms with Crippen LogP contribution in [0.1, 0.15) is 15.9 Å². The predicted molar refractivity (Wildman–Crippen MR) is 50.7 cm³/mol. The smallest absolute Gasteiger partial charge is 0.307 e. The van der Waals surface area contributed by atoms with Crippen molar-refractivity contribution in [1.29, 1.82) is 0 Å². The highest BCUT2D eigenvalue weighted by Crippen LogP contribution is 2.23. The Labute approximate surface area is 84.7 Å². The number of amides is 1. The van der Waals surface area contributed by atoms with Gasteiger partial charge in [-0.3, -0.25) is 14.4 Å². The molecule has 0 aliphatic carbocycles. The number of benzene rings is 1. The fourth-order valence-corrected chi connectivity index (χ4v) is 1.47. The zero-order chi connectivity index (χ0) is 11.0. The number of hydrogen-bond acceptors (Lipinski definition) is 3. The monoisotopic (exact) mass is 205 g/mol. The van der Waals surface area contributed by atoms with Gasteiger partial charge in [0.05, 0.1) is 17.7 Å². The Kier molecular flexibility index (Phi) is 2.00. The maximum absolute atomic E-state index is 11.3. The average Bonchev–Trinajstić information content (AvgIpc) is 2.43. The zero-order valence-corrected chi connectivity index (χ0v) is 7.61. The molecule has 1 amide bonds. The molecule has 2 rings (SSSR count). The summed E-state index contributed by atoms with van der Waals surface area (Å²) in [5, 5.41) is 11.0. The lowest BCUT2D eigenvalue weighted by Crippen LogP contribution is -2.12. The number of carboxylic acid groups (broad SMARTS) is 1. The van der Waals surface area contributed by atoms with E-state index >= 15 is 0 Å². The average molecular weight is 205 g/mol. The van der Waals surface area contributed by atoms with Crippen molar-refractivity contribution in [1.82, 2.24) is 0 Å². The first-order valence-electron chi connectivity index (χ1n) is 4.28. The van der Waals surface area contributed by atoms with E-state index in [1.807, 2.05) is 0 Å². The van der Waals surface area contributed by atoms with Crippen LogP contribution in [0.25, 0.3) is 0 Å². The Morgan fingerprint density at radius 2 is 2.07 bits per heavy atom. The molecule has 0 unspecified atom stereocenters. The van der Waals surface area contributed by atoms with Gasteiger partial charge in [-0.15, -0.1) is 0 Å². The largest absolute Gasteiger partial charge is 0.481 e. The van der Waals surface area contributed by atoms with E-state index in [2.05, 4.69) is 5.32 Å². The van der Waals surface area contributed by atoms with Gasteiger partial charge in [-0.25, -0.2) is 0 Å². The lowest BCUT2D eigenvalue weighted by molar-refractivity contribution is -0.136. The van der Waals surface area contributed by atoms with Crippen LogP contribution in [-0.2, 0) is 16.0 Å². The van der Waals surface area contributed by atoms with Crippen LogP contribution in [0.3, 0.4) is 0 Å². The van der Waals surface area contributed by atoms with Crippen LogP contribution in [-0.4, -0.2) is 22.8 Å². The number of aliphatic carboxylic acids is 1. The number of carbonyl (C=O) groups is 3. The zero-order valence-electron chi connectivity index (χ0n) is 7.61. The molecule has 5 heteroatoms. The van der Waals surface area contributed by atoms with E-state index in [1.54, 1.807) is 6.07 Å². The van der Waals surface area contributed by atoms with Gasteiger partial charge in [0.1, 0.15) is 0 Å². The van der Waals surface area contributed by atoms with Gasteiger partial charge in [0.25, 0.3) is 11.7 Å². The number of carbonyl (C=O) groups excluding carboxylic acids is 2. The Hall–Kier alpha value is -2.17. The highest BCUT2D eigenvalue weighted by atomic mass is 16.4. The summed E-state index contributed by atoms with van der Waals surface area (Å²) in [5.74, 6) is -2.26. The minimum absolute atomic E-state index is 0.158. The predicted octanol–water partition coefficient (Wildman–Crippen LogP) is 0.449. The van der Waals surface area contributed by atoms with Crippen LogP contribution in [0, 0.1) is 0 Å². The SMILES string of the molecule is O=C(O)Cc1ccc2c(c1)C(=O)C(=O)N2. The van der Waals surface area contributed by atoms with Crippen molar-refractivity contribution in [3.63, 3.8) is 0 Å². The van der Waals surface area contributed by atoms with Crippen molar-refractivity contribution in [2.45, 2.75) is 6.42 Å². The molecule has 76 valence electrons. The lowest BCUT2D eigenvalue weighted by atomic mass is 10.1. The van der Waals surface area contributed by atoms with Gasteiger partial charge in [0, 0.05) is 0 Å². The molecule has 1 aromatic rings. The van der Waals surface area contributed by atoms with Crippen molar-refractivity contribution in [3.8, 4) is 0 Å². The second-order valence-corrected chi connectivity index (χ2v) is 3.23. The summed E-state index contributed by atoms with van der Waals surface area (Å²) in [5.41, 5.74) is 1.20. The first kappa shape index (κ1) is 9.39. The van der Waals surface area contributed by atoms with Crippen LogP contribution in [0.2, 0.25) is 0 Å². The summed E-state index contributed by atoms with van der Waals surface area (Å²) in [4.78, 5) is 32.7. The van der Waals surface area contributed by atoms with Gasteiger partial charge in [0.2, 0.25) is 0 Å². The summed E-state index contributed by atoms with van der Waals surface area (Å²) >= 11 is 0. The van der Waals surface area contributed by atoms with E-state index in [1.165, 1.54) is 12.1 Å². The summed E-state index contributed by atoms with van der Waals surface area (Å²) < 4.78 is 0. The molecule has 0 atom stereocenters. The molecule has 15 heavy (non-hydrogen) atoms. The molecule has 0 aromatic heterocycles. The second-order valence-electron chi connectivity index (χ2n) is 3.23. The third-order valence-electron chi connectivity index (χ3n) is 2.14. The van der Waals surface area contributed by atoms with E-state index in [4.69, 9.17) is 5.11 Å². The lowest BCUT2D eigenvalue weighted by Gasteiger charge is -1.99. The second kappa shape index (κ2) is 3.20.